The van der Waals surface area contributed by atoms with Crippen LogP contribution in [0.1, 0.15) is 18.1 Å². The van der Waals surface area contributed by atoms with E-state index < -0.39 is 5.92 Å². The maximum absolute atomic E-state index is 13.7. The summed E-state index contributed by atoms with van der Waals surface area (Å²) in [4.78, 5) is 23.3. The Morgan fingerprint density at radius 1 is 0.919 bits per heavy atom. The molecule has 4 aromatic carbocycles. The fourth-order valence-electron chi connectivity index (χ4n) is 4.10. The molecule has 0 aliphatic carbocycles. The number of hydrogen-bond acceptors (Lipinski definition) is 5. The Morgan fingerprint density at radius 2 is 1.57 bits per heavy atom. The molecule has 0 saturated carbocycles. The molecule has 0 spiro atoms. The van der Waals surface area contributed by atoms with Crippen LogP contribution in [0.15, 0.2) is 123 Å². The number of benzene rings is 4. The summed E-state index contributed by atoms with van der Waals surface area (Å²) < 4.78 is 0.835. The fourth-order valence-corrected chi connectivity index (χ4v) is 4.48. The SMILES string of the molecule is CC1=NN(c2ccccc2)C(=O)C1C(=Nc1ccccc1N=Cc1cc(Br)ccc1O)c1ccccc1. The Morgan fingerprint density at radius 3 is 2.30 bits per heavy atom. The number of phenols is 1. The number of amides is 1. The molecule has 0 bridgehead atoms. The molecule has 7 heteroatoms. The number of aromatic hydroxyl groups is 1. The van der Waals surface area contributed by atoms with Crippen LogP contribution in [0.5, 0.6) is 5.75 Å². The second-order valence-corrected chi connectivity index (χ2v) is 9.39. The standard InChI is InChI=1S/C30H23BrN4O2/c1-20-28(30(37)35(34-20)24-12-6-3-7-13-24)29(21-10-4-2-5-11-21)33-26-15-9-8-14-25(26)32-19-22-18-23(31)16-17-27(22)36/h2-19,28,36H,1H3. The molecule has 1 amide bonds. The highest BCUT2D eigenvalue weighted by molar-refractivity contribution is 9.10. The van der Waals surface area contributed by atoms with Crippen LogP contribution in [0.25, 0.3) is 0 Å². The lowest BCUT2D eigenvalue weighted by atomic mass is 9.92. The third-order valence-corrected chi connectivity index (χ3v) is 6.42. The maximum atomic E-state index is 13.7. The van der Waals surface area contributed by atoms with Gasteiger partial charge in [0.05, 0.1) is 28.5 Å². The molecule has 6 nitrogen and oxygen atoms in total. The van der Waals surface area contributed by atoms with Crippen molar-refractivity contribution >= 4 is 56.5 Å². The second-order valence-electron chi connectivity index (χ2n) is 8.47. The van der Waals surface area contributed by atoms with Crippen molar-refractivity contribution in [1.29, 1.82) is 0 Å². The highest BCUT2D eigenvalue weighted by Crippen LogP contribution is 2.32. The van der Waals surface area contributed by atoms with Crippen LogP contribution in [0.3, 0.4) is 0 Å². The number of halogens is 1. The van der Waals surface area contributed by atoms with E-state index in [0.29, 0.717) is 34.0 Å². The molecule has 5 rings (SSSR count). The number of carbonyl (C=O) groups is 1. The Hall–Kier alpha value is -4.36. The lowest BCUT2D eigenvalue weighted by Crippen LogP contribution is -2.33. The Kier molecular flexibility index (Phi) is 7.05. The van der Waals surface area contributed by atoms with Gasteiger partial charge in [0.15, 0.2) is 0 Å². The molecule has 1 heterocycles. The summed E-state index contributed by atoms with van der Waals surface area (Å²) in [6.45, 7) is 1.85. The predicted molar refractivity (Wildman–Crippen MR) is 153 cm³/mol. The van der Waals surface area contributed by atoms with Gasteiger partial charge in [0.25, 0.3) is 5.91 Å². The van der Waals surface area contributed by atoms with Gasteiger partial charge < -0.3 is 5.11 Å². The first kappa shape index (κ1) is 24.3. The van der Waals surface area contributed by atoms with Gasteiger partial charge in [-0.2, -0.15) is 10.1 Å². The number of para-hydroxylation sites is 3. The first-order valence-electron chi connectivity index (χ1n) is 11.7. The number of carbonyl (C=O) groups excluding carboxylic acids is 1. The number of phenolic OH excluding ortho intramolecular Hbond substituents is 1. The summed E-state index contributed by atoms with van der Waals surface area (Å²) in [5.41, 5.74) is 4.58. The van der Waals surface area contributed by atoms with Crippen molar-refractivity contribution in [1.82, 2.24) is 0 Å². The normalized spacial score (nSPS) is 15.9. The third kappa shape index (κ3) is 5.27. The maximum Gasteiger partial charge on any atom is 0.262 e. The molecule has 1 aliphatic heterocycles. The second kappa shape index (κ2) is 10.7. The lowest BCUT2D eigenvalue weighted by Gasteiger charge is -2.17. The molecule has 0 aromatic heterocycles. The van der Waals surface area contributed by atoms with Crippen molar-refractivity contribution in [3.63, 3.8) is 0 Å². The van der Waals surface area contributed by atoms with Crippen LogP contribution in [0.2, 0.25) is 0 Å². The smallest absolute Gasteiger partial charge is 0.262 e. The highest BCUT2D eigenvalue weighted by Gasteiger charge is 2.38. The number of nitrogens with zero attached hydrogens (tertiary/aromatic N) is 4. The van der Waals surface area contributed by atoms with Crippen molar-refractivity contribution in [3.05, 3.63) is 119 Å². The number of aliphatic imine (C=N–C) groups is 2. The van der Waals surface area contributed by atoms with E-state index in [2.05, 4.69) is 26.0 Å². The number of hydrazone groups is 1. The third-order valence-electron chi connectivity index (χ3n) is 5.93. The topological polar surface area (TPSA) is 77.6 Å². The van der Waals surface area contributed by atoms with Gasteiger partial charge in [0, 0.05) is 16.3 Å². The molecule has 1 N–H and O–H groups in total. The minimum Gasteiger partial charge on any atom is -0.507 e. The van der Waals surface area contributed by atoms with E-state index in [9.17, 15) is 9.90 Å². The summed E-state index contributed by atoms with van der Waals surface area (Å²) >= 11 is 3.42. The van der Waals surface area contributed by atoms with Gasteiger partial charge in [-0.15, -0.1) is 0 Å². The molecule has 0 saturated heterocycles. The zero-order valence-electron chi connectivity index (χ0n) is 20.0. The van der Waals surface area contributed by atoms with Crippen LogP contribution < -0.4 is 5.01 Å². The molecule has 1 aliphatic rings. The van der Waals surface area contributed by atoms with Gasteiger partial charge in [-0.3, -0.25) is 9.79 Å². The van der Waals surface area contributed by atoms with E-state index in [1.807, 2.05) is 91.9 Å². The molecule has 1 unspecified atom stereocenters. The van der Waals surface area contributed by atoms with Crippen LogP contribution >= 0.6 is 15.9 Å². The molecule has 1 atom stereocenters. The van der Waals surface area contributed by atoms with Gasteiger partial charge >= 0.3 is 0 Å². The summed E-state index contributed by atoms with van der Waals surface area (Å²) in [6, 6.07) is 31.6. The highest BCUT2D eigenvalue weighted by atomic mass is 79.9. The summed E-state index contributed by atoms with van der Waals surface area (Å²) in [6.07, 6.45) is 1.60. The van der Waals surface area contributed by atoms with E-state index in [-0.39, 0.29) is 11.7 Å². The average molecular weight is 551 g/mol. The predicted octanol–water partition coefficient (Wildman–Crippen LogP) is 7.07. The van der Waals surface area contributed by atoms with E-state index >= 15 is 0 Å². The molecular formula is C30H23BrN4O2. The van der Waals surface area contributed by atoms with Crippen molar-refractivity contribution in [2.24, 2.45) is 21.0 Å². The molecule has 37 heavy (non-hydrogen) atoms. The molecular weight excluding hydrogens is 528 g/mol. The van der Waals surface area contributed by atoms with Crippen LogP contribution in [-0.4, -0.2) is 28.7 Å². The first-order chi connectivity index (χ1) is 18.0. The van der Waals surface area contributed by atoms with Crippen molar-refractivity contribution in [2.45, 2.75) is 6.92 Å². The van der Waals surface area contributed by atoms with Gasteiger partial charge in [0.1, 0.15) is 11.7 Å². The van der Waals surface area contributed by atoms with Gasteiger partial charge in [-0.05, 0) is 55.0 Å². The van der Waals surface area contributed by atoms with Crippen molar-refractivity contribution in [3.8, 4) is 5.75 Å². The van der Waals surface area contributed by atoms with Crippen LogP contribution in [0, 0.1) is 5.92 Å². The van der Waals surface area contributed by atoms with Gasteiger partial charge in [0.2, 0.25) is 0 Å². The van der Waals surface area contributed by atoms with Crippen LogP contribution in [0.4, 0.5) is 17.1 Å². The number of hydrogen-bond donors (Lipinski definition) is 1. The first-order valence-corrected chi connectivity index (χ1v) is 12.5. The Bertz CT molecular complexity index is 1530. The largest absolute Gasteiger partial charge is 0.507 e. The molecule has 0 radical (unpaired) electrons. The van der Waals surface area contributed by atoms with Crippen LogP contribution in [-0.2, 0) is 4.79 Å². The fraction of sp³-hybridized carbons (Fsp3) is 0.0667. The van der Waals surface area contributed by atoms with E-state index in [0.717, 1.165) is 10.0 Å². The van der Waals surface area contributed by atoms with Crippen molar-refractivity contribution in [2.75, 3.05) is 5.01 Å². The molecule has 4 aromatic rings. The molecule has 182 valence electrons. The van der Waals surface area contributed by atoms with E-state index in [1.165, 1.54) is 5.01 Å². The monoisotopic (exact) mass is 550 g/mol. The number of rotatable bonds is 6. The minimum atomic E-state index is -0.645. The zero-order chi connectivity index (χ0) is 25.8. The zero-order valence-corrected chi connectivity index (χ0v) is 21.6. The molecule has 0 fully saturated rings. The average Bonchev–Trinajstić information content (AvgIpc) is 3.22. The van der Waals surface area contributed by atoms with Gasteiger partial charge in [-0.25, -0.2) is 4.99 Å². The van der Waals surface area contributed by atoms with Gasteiger partial charge in [-0.1, -0.05) is 76.6 Å². The quantitative estimate of drug-likeness (QED) is 0.261. The van der Waals surface area contributed by atoms with Crippen molar-refractivity contribution < 1.29 is 9.90 Å². The summed E-state index contributed by atoms with van der Waals surface area (Å²) in [7, 11) is 0. The summed E-state index contributed by atoms with van der Waals surface area (Å²) in [5, 5.41) is 16.2. The lowest BCUT2D eigenvalue weighted by molar-refractivity contribution is -0.118. The van der Waals surface area contributed by atoms with E-state index in [4.69, 9.17) is 4.99 Å². The Balaban J connectivity index is 1.58. The van der Waals surface area contributed by atoms with E-state index in [1.54, 1.807) is 24.4 Å². The number of anilines is 1. The Labute approximate surface area is 223 Å². The minimum absolute atomic E-state index is 0.127. The summed E-state index contributed by atoms with van der Waals surface area (Å²) in [5.74, 6) is -0.678.